The van der Waals surface area contributed by atoms with Crippen molar-refractivity contribution in [1.29, 1.82) is 0 Å². The predicted octanol–water partition coefficient (Wildman–Crippen LogP) is 4.85. The van der Waals surface area contributed by atoms with E-state index in [1.807, 2.05) is 0 Å². The van der Waals surface area contributed by atoms with Crippen LogP contribution in [0, 0.1) is 18.6 Å². The predicted molar refractivity (Wildman–Crippen MR) is 103 cm³/mol. The zero-order chi connectivity index (χ0) is 22.6. The van der Waals surface area contributed by atoms with Crippen LogP contribution in [-0.4, -0.2) is 28.5 Å². The second-order valence-electron chi connectivity index (χ2n) is 6.83. The lowest BCUT2D eigenvalue weighted by Crippen LogP contribution is -2.18. The molecule has 31 heavy (non-hydrogen) atoms. The minimum atomic E-state index is -4.41. The molecule has 1 heterocycles. The maximum Gasteiger partial charge on any atom is 0.411 e. The lowest BCUT2D eigenvalue weighted by Gasteiger charge is -2.12. The van der Waals surface area contributed by atoms with Gasteiger partial charge in [0.05, 0.1) is 19.3 Å². The standard InChI is InChI=1S/C21H18F5N3O2/c1-13-9-27-29(10-16-8-17(22)6-7-18(16)23)19(13)28-20(30)15-4-2-14(3-5-15)11-31-12-21(24,25)26/h2-9H,10-12H2,1H3,(H,28,30). The number of anilines is 1. The summed E-state index contributed by atoms with van der Waals surface area (Å²) in [5, 5.41) is 6.78. The molecule has 0 aliphatic rings. The summed E-state index contributed by atoms with van der Waals surface area (Å²) in [7, 11) is 0. The van der Waals surface area contributed by atoms with Crippen molar-refractivity contribution in [3.63, 3.8) is 0 Å². The Bertz CT molecular complexity index is 1060. The van der Waals surface area contributed by atoms with E-state index in [9.17, 15) is 26.7 Å². The SMILES string of the molecule is Cc1cnn(Cc2cc(F)ccc2F)c1NC(=O)c1ccc(COCC(F)(F)F)cc1. The smallest absolute Gasteiger partial charge is 0.367 e. The molecule has 0 bridgehead atoms. The summed E-state index contributed by atoms with van der Waals surface area (Å²) in [6.45, 7) is 0.00155. The number of halogens is 5. The number of benzene rings is 2. The first-order chi connectivity index (χ1) is 14.6. The second-order valence-corrected chi connectivity index (χ2v) is 6.83. The zero-order valence-corrected chi connectivity index (χ0v) is 16.3. The number of amides is 1. The molecule has 0 saturated carbocycles. The number of hydrogen-bond acceptors (Lipinski definition) is 3. The highest BCUT2D eigenvalue weighted by atomic mass is 19.4. The summed E-state index contributed by atoms with van der Waals surface area (Å²) in [6.07, 6.45) is -2.93. The Hall–Kier alpha value is -3.27. The van der Waals surface area contributed by atoms with E-state index in [1.54, 1.807) is 6.92 Å². The molecule has 164 valence electrons. The molecule has 0 aliphatic carbocycles. The molecule has 5 nitrogen and oxygen atoms in total. The third-order valence-corrected chi connectivity index (χ3v) is 4.33. The minimum absolute atomic E-state index is 0.0711. The van der Waals surface area contributed by atoms with Gasteiger partial charge in [0.25, 0.3) is 5.91 Å². The van der Waals surface area contributed by atoms with Crippen LogP contribution in [0.5, 0.6) is 0 Å². The molecule has 1 N–H and O–H groups in total. The molecule has 1 aromatic heterocycles. The Morgan fingerprint density at radius 2 is 1.84 bits per heavy atom. The molecule has 0 spiro atoms. The Balaban J connectivity index is 1.68. The number of alkyl halides is 3. The van der Waals surface area contributed by atoms with Gasteiger partial charge in [-0.3, -0.25) is 4.79 Å². The molecule has 10 heteroatoms. The molecule has 3 aromatic rings. The summed E-state index contributed by atoms with van der Waals surface area (Å²) in [5.41, 5.74) is 1.41. The van der Waals surface area contributed by atoms with Crippen molar-refractivity contribution in [3.05, 3.63) is 82.5 Å². The molecule has 0 radical (unpaired) electrons. The Kier molecular flexibility index (Phi) is 6.69. The highest BCUT2D eigenvalue weighted by Gasteiger charge is 2.27. The van der Waals surface area contributed by atoms with Crippen LogP contribution in [0.25, 0.3) is 0 Å². The third kappa shape index (κ3) is 6.11. The highest BCUT2D eigenvalue weighted by Crippen LogP contribution is 2.20. The topological polar surface area (TPSA) is 56.2 Å². The Labute approximate surface area is 174 Å². The van der Waals surface area contributed by atoms with Crippen molar-refractivity contribution >= 4 is 11.7 Å². The van der Waals surface area contributed by atoms with E-state index in [1.165, 1.54) is 35.1 Å². The van der Waals surface area contributed by atoms with Crippen molar-refractivity contribution < 1.29 is 31.5 Å². The normalized spacial score (nSPS) is 11.5. The van der Waals surface area contributed by atoms with Crippen molar-refractivity contribution in [1.82, 2.24) is 9.78 Å². The van der Waals surface area contributed by atoms with Gasteiger partial charge in [0.2, 0.25) is 0 Å². The number of ether oxygens (including phenoxy) is 1. The van der Waals surface area contributed by atoms with Crippen LogP contribution in [0.15, 0.2) is 48.7 Å². The fraction of sp³-hybridized carbons (Fsp3) is 0.238. The fourth-order valence-electron chi connectivity index (χ4n) is 2.80. The first-order valence-electron chi connectivity index (χ1n) is 9.13. The van der Waals surface area contributed by atoms with E-state index in [0.717, 1.165) is 18.2 Å². The fourth-order valence-corrected chi connectivity index (χ4v) is 2.80. The van der Waals surface area contributed by atoms with Crippen LogP contribution >= 0.6 is 0 Å². The number of nitrogens with one attached hydrogen (secondary N) is 1. The summed E-state index contributed by atoms with van der Waals surface area (Å²) in [4.78, 5) is 12.6. The van der Waals surface area contributed by atoms with Gasteiger partial charge < -0.3 is 10.1 Å². The van der Waals surface area contributed by atoms with E-state index in [2.05, 4.69) is 15.2 Å². The van der Waals surface area contributed by atoms with E-state index in [-0.39, 0.29) is 24.3 Å². The summed E-state index contributed by atoms with van der Waals surface area (Å²) < 4.78 is 69.7. The monoisotopic (exact) mass is 439 g/mol. The van der Waals surface area contributed by atoms with Gasteiger partial charge in [0.15, 0.2) is 0 Å². The van der Waals surface area contributed by atoms with Crippen molar-refractivity contribution in [2.45, 2.75) is 26.3 Å². The second kappa shape index (κ2) is 9.25. The highest BCUT2D eigenvalue weighted by molar-refractivity contribution is 6.04. The van der Waals surface area contributed by atoms with E-state index >= 15 is 0 Å². The summed E-state index contributed by atoms with van der Waals surface area (Å²) in [5.74, 6) is -1.38. The number of carbonyl (C=O) groups is 1. The van der Waals surface area contributed by atoms with Gasteiger partial charge in [0.1, 0.15) is 24.1 Å². The maximum absolute atomic E-state index is 13.9. The maximum atomic E-state index is 13.9. The summed E-state index contributed by atoms with van der Waals surface area (Å²) in [6, 6.07) is 8.94. The summed E-state index contributed by atoms with van der Waals surface area (Å²) >= 11 is 0. The van der Waals surface area contributed by atoms with Crippen LogP contribution in [0.1, 0.15) is 27.0 Å². The first-order valence-corrected chi connectivity index (χ1v) is 9.13. The number of nitrogens with zero attached hydrogens (tertiary/aromatic N) is 2. The zero-order valence-electron chi connectivity index (χ0n) is 16.3. The number of aromatic nitrogens is 2. The van der Waals surface area contributed by atoms with Crippen molar-refractivity contribution in [2.24, 2.45) is 0 Å². The van der Waals surface area contributed by atoms with Gasteiger partial charge in [-0.1, -0.05) is 12.1 Å². The van der Waals surface area contributed by atoms with Crippen molar-refractivity contribution in [3.8, 4) is 0 Å². The van der Waals surface area contributed by atoms with Gasteiger partial charge >= 0.3 is 6.18 Å². The van der Waals surface area contributed by atoms with Crippen LogP contribution in [0.3, 0.4) is 0 Å². The number of carbonyl (C=O) groups excluding carboxylic acids is 1. The molecule has 0 atom stereocenters. The van der Waals surface area contributed by atoms with Gasteiger partial charge in [-0.15, -0.1) is 0 Å². The van der Waals surface area contributed by atoms with Gasteiger partial charge in [-0.25, -0.2) is 13.5 Å². The number of rotatable bonds is 7. The molecule has 3 rings (SSSR count). The molecule has 2 aromatic carbocycles. The molecule has 0 aliphatic heterocycles. The van der Waals surface area contributed by atoms with Gasteiger partial charge in [-0.05, 0) is 42.8 Å². The van der Waals surface area contributed by atoms with E-state index in [0.29, 0.717) is 16.9 Å². The van der Waals surface area contributed by atoms with E-state index in [4.69, 9.17) is 0 Å². The quantitative estimate of drug-likeness (QED) is 0.536. The molecular formula is C21H18F5N3O2. The minimum Gasteiger partial charge on any atom is -0.367 e. The molecular weight excluding hydrogens is 421 g/mol. The number of aryl methyl sites for hydroxylation is 1. The van der Waals surface area contributed by atoms with Crippen LogP contribution in [0.4, 0.5) is 27.8 Å². The Morgan fingerprint density at radius 1 is 1.13 bits per heavy atom. The van der Waals surface area contributed by atoms with E-state index < -0.39 is 30.3 Å². The van der Waals surface area contributed by atoms with Crippen LogP contribution in [-0.2, 0) is 17.9 Å². The van der Waals surface area contributed by atoms with Crippen LogP contribution < -0.4 is 5.32 Å². The lowest BCUT2D eigenvalue weighted by atomic mass is 10.1. The average molecular weight is 439 g/mol. The van der Waals surface area contributed by atoms with Crippen molar-refractivity contribution in [2.75, 3.05) is 11.9 Å². The molecule has 0 unspecified atom stereocenters. The largest absolute Gasteiger partial charge is 0.411 e. The van der Waals surface area contributed by atoms with Gasteiger partial charge in [0, 0.05) is 16.7 Å². The molecule has 0 saturated heterocycles. The molecule has 0 fully saturated rings. The van der Waals surface area contributed by atoms with Crippen LogP contribution in [0.2, 0.25) is 0 Å². The first kappa shape index (κ1) is 22.4. The Morgan fingerprint density at radius 3 is 2.52 bits per heavy atom. The number of hydrogen-bond donors (Lipinski definition) is 1. The average Bonchev–Trinajstić information content (AvgIpc) is 3.04. The third-order valence-electron chi connectivity index (χ3n) is 4.33. The van der Waals surface area contributed by atoms with Gasteiger partial charge in [-0.2, -0.15) is 18.3 Å². The lowest BCUT2D eigenvalue weighted by molar-refractivity contribution is -0.176. The molecule has 1 amide bonds.